The number of hydrogen-bond acceptors (Lipinski definition) is 9. The minimum Gasteiger partial charge on any atom is -0.505 e. The number of benzene rings is 4. The van der Waals surface area contributed by atoms with Crippen LogP contribution in [-0.2, 0) is 10.0 Å². The first-order chi connectivity index (χ1) is 20.6. The lowest BCUT2D eigenvalue weighted by molar-refractivity contribution is 0.102. The first kappa shape index (κ1) is 31.5. The molecule has 0 fully saturated rings. The van der Waals surface area contributed by atoms with E-state index in [0.29, 0.717) is 35.4 Å². The molecule has 0 heterocycles. The number of azo groups is 1. The second-order valence-electron chi connectivity index (χ2n) is 9.11. The van der Waals surface area contributed by atoms with E-state index in [9.17, 15) is 18.3 Å². The summed E-state index contributed by atoms with van der Waals surface area (Å²) in [4.78, 5) is 13.5. The van der Waals surface area contributed by atoms with Gasteiger partial charge in [0.2, 0.25) is 10.0 Å². The Labute approximate surface area is 254 Å². The van der Waals surface area contributed by atoms with Gasteiger partial charge < -0.3 is 24.6 Å². The Balaban J connectivity index is 1.80. The molecule has 4 aromatic carbocycles. The molecule has 4 aromatic rings. The summed E-state index contributed by atoms with van der Waals surface area (Å²) in [5.41, 5.74) is 0.283. The molecule has 13 heteroatoms. The zero-order chi connectivity index (χ0) is 31.3. The Hall–Kier alpha value is -4.39. The summed E-state index contributed by atoms with van der Waals surface area (Å²) in [6, 6.07) is 15.8. The summed E-state index contributed by atoms with van der Waals surface area (Å²) in [5, 5.41) is 23.9. The molecule has 0 saturated carbocycles. The van der Waals surface area contributed by atoms with Crippen LogP contribution in [0.25, 0.3) is 10.8 Å². The Morgan fingerprint density at radius 2 is 1.58 bits per heavy atom. The van der Waals surface area contributed by atoms with E-state index in [4.69, 9.17) is 25.8 Å². The van der Waals surface area contributed by atoms with Crippen molar-refractivity contribution >= 4 is 55.4 Å². The fourth-order valence-electron chi connectivity index (χ4n) is 4.46. The molecule has 226 valence electrons. The second kappa shape index (κ2) is 13.3. The Bertz CT molecular complexity index is 1810. The quantitative estimate of drug-likeness (QED) is 0.172. The molecule has 0 spiro atoms. The Morgan fingerprint density at radius 3 is 2.23 bits per heavy atom. The van der Waals surface area contributed by atoms with Crippen LogP contribution in [0, 0.1) is 0 Å². The number of nitrogens with one attached hydrogen (secondary N) is 1. The topological polar surface area (TPSA) is 139 Å². The zero-order valence-corrected chi connectivity index (χ0v) is 25.8. The van der Waals surface area contributed by atoms with Crippen molar-refractivity contribution in [2.45, 2.75) is 18.7 Å². The average Bonchev–Trinajstić information content (AvgIpc) is 3.00. The number of phenols is 1. The number of fused-ring (bicyclic) bond motifs is 1. The van der Waals surface area contributed by atoms with Gasteiger partial charge in [-0.05, 0) is 35.7 Å². The van der Waals surface area contributed by atoms with Gasteiger partial charge >= 0.3 is 0 Å². The maximum absolute atomic E-state index is 13.5. The van der Waals surface area contributed by atoms with E-state index in [1.807, 2.05) is 0 Å². The predicted molar refractivity (Wildman–Crippen MR) is 165 cm³/mol. The molecule has 4 rings (SSSR count). The van der Waals surface area contributed by atoms with Crippen LogP contribution in [0.2, 0.25) is 5.02 Å². The molecule has 0 aliphatic heterocycles. The number of carbonyl (C=O) groups is 1. The van der Waals surface area contributed by atoms with Crippen LogP contribution in [0.4, 0.5) is 17.1 Å². The van der Waals surface area contributed by atoms with Crippen LogP contribution in [0.3, 0.4) is 0 Å². The summed E-state index contributed by atoms with van der Waals surface area (Å²) >= 11 is 6.26. The predicted octanol–water partition coefficient (Wildman–Crippen LogP) is 6.92. The lowest BCUT2D eigenvalue weighted by Crippen LogP contribution is -2.30. The molecule has 0 aromatic heterocycles. The number of phenolic OH excluding ortho intramolecular Hbond substituents is 1. The fraction of sp³-hybridized carbons (Fsp3) is 0.233. The van der Waals surface area contributed by atoms with Gasteiger partial charge in [-0.15, -0.1) is 10.2 Å². The number of amides is 1. The van der Waals surface area contributed by atoms with Crippen LogP contribution < -0.4 is 19.5 Å². The number of hydrogen-bond donors (Lipinski definition) is 2. The summed E-state index contributed by atoms with van der Waals surface area (Å²) in [6.45, 7) is 4.10. The molecule has 0 bridgehead atoms. The number of anilines is 1. The molecule has 11 nitrogen and oxygen atoms in total. The van der Waals surface area contributed by atoms with E-state index in [-0.39, 0.29) is 38.3 Å². The highest BCUT2D eigenvalue weighted by Crippen LogP contribution is 2.42. The molecule has 0 atom stereocenters. The lowest BCUT2D eigenvalue weighted by atomic mass is 10.0. The maximum atomic E-state index is 13.5. The van der Waals surface area contributed by atoms with Gasteiger partial charge in [-0.2, -0.15) is 4.31 Å². The van der Waals surface area contributed by atoms with Crippen molar-refractivity contribution in [2.24, 2.45) is 10.2 Å². The maximum Gasteiger partial charge on any atom is 0.259 e. The molecule has 0 aliphatic rings. The molecule has 2 N–H and O–H groups in total. The van der Waals surface area contributed by atoms with Gasteiger partial charge in [-0.1, -0.05) is 49.7 Å². The highest BCUT2D eigenvalue weighted by molar-refractivity contribution is 7.89. The third-order valence-corrected chi connectivity index (χ3v) is 9.05. The molecule has 0 radical (unpaired) electrons. The molecular formula is C30H31ClN4O7S. The first-order valence-electron chi connectivity index (χ1n) is 13.2. The van der Waals surface area contributed by atoms with Gasteiger partial charge in [0.15, 0.2) is 5.75 Å². The lowest BCUT2D eigenvalue weighted by Gasteiger charge is -2.18. The van der Waals surface area contributed by atoms with Crippen LogP contribution in [-0.4, -0.2) is 58.2 Å². The van der Waals surface area contributed by atoms with Crippen molar-refractivity contribution in [3.05, 3.63) is 71.2 Å². The number of sulfonamides is 1. The van der Waals surface area contributed by atoms with Gasteiger partial charge in [0.1, 0.15) is 28.6 Å². The van der Waals surface area contributed by atoms with Crippen molar-refractivity contribution in [3.63, 3.8) is 0 Å². The molecular weight excluding hydrogens is 596 g/mol. The SMILES string of the molecule is CCN(CC)S(=O)(=O)c1ccc(OC)c(N=Nc2c(O)c(C(=O)Nc3cc(Cl)c(OC)cc3OC)cc3ccccc23)c1. The van der Waals surface area contributed by atoms with Crippen molar-refractivity contribution < 1.29 is 32.5 Å². The number of aromatic hydroxyl groups is 1. The normalized spacial score (nSPS) is 11.7. The zero-order valence-electron chi connectivity index (χ0n) is 24.2. The van der Waals surface area contributed by atoms with Crippen molar-refractivity contribution in [1.29, 1.82) is 0 Å². The van der Waals surface area contributed by atoms with E-state index >= 15 is 0 Å². The summed E-state index contributed by atoms with van der Waals surface area (Å²) in [6.07, 6.45) is 0. The smallest absolute Gasteiger partial charge is 0.259 e. The number of ether oxygens (including phenoxy) is 3. The minimum atomic E-state index is -3.79. The number of halogens is 1. The van der Waals surface area contributed by atoms with Gasteiger partial charge in [0.25, 0.3) is 5.91 Å². The summed E-state index contributed by atoms with van der Waals surface area (Å²) in [7, 11) is 0.519. The largest absolute Gasteiger partial charge is 0.505 e. The fourth-order valence-corrected chi connectivity index (χ4v) is 6.18. The summed E-state index contributed by atoms with van der Waals surface area (Å²) in [5.74, 6) is -0.185. The van der Waals surface area contributed by atoms with Crippen molar-refractivity contribution in [3.8, 4) is 23.0 Å². The second-order valence-corrected chi connectivity index (χ2v) is 11.5. The third-order valence-electron chi connectivity index (χ3n) is 6.71. The van der Waals surface area contributed by atoms with E-state index < -0.39 is 21.7 Å². The standard InChI is InChI=1S/C30H31ClN4O7S/c1-6-35(7-2)43(38,39)19-12-13-25(40-3)24(15-19)33-34-28-20-11-9-8-10-18(20)14-21(29(28)36)30(37)32-23-16-22(31)26(41-4)17-27(23)42-5/h8-17,36H,6-7H2,1-5H3,(H,32,37). The van der Waals surface area contributed by atoms with E-state index in [1.165, 1.54) is 62.0 Å². The molecule has 43 heavy (non-hydrogen) atoms. The number of nitrogens with zero attached hydrogens (tertiary/aromatic N) is 3. The minimum absolute atomic E-state index is 0.00188. The van der Waals surface area contributed by atoms with E-state index in [0.717, 1.165) is 0 Å². The molecule has 1 amide bonds. The number of rotatable bonds is 11. The average molecular weight is 627 g/mol. The summed E-state index contributed by atoms with van der Waals surface area (Å²) < 4.78 is 43.5. The van der Waals surface area contributed by atoms with E-state index in [2.05, 4.69) is 15.5 Å². The highest BCUT2D eigenvalue weighted by atomic mass is 35.5. The molecule has 0 aliphatic carbocycles. The van der Waals surface area contributed by atoms with Gasteiger partial charge in [0.05, 0.1) is 42.5 Å². The number of methoxy groups -OCH3 is 3. The van der Waals surface area contributed by atoms with Gasteiger partial charge in [0, 0.05) is 24.5 Å². The van der Waals surface area contributed by atoms with Crippen molar-refractivity contribution in [1.82, 2.24) is 4.31 Å². The van der Waals surface area contributed by atoms with Crippen LogP contribution in [0.1, 0.15) is 24.2 Å². The van der Waals surface area contributed by atoms with Gasteiger partial charge in [-0.25, -0.2) is 8.42 Å². The first-order valence-corrected chi connectivity index (χ1v) is 15.0. The van der Waals surface area contributed by atoms with Crippen LogP contribution in [0.15, 0.2) is 75.8 Å². The highest BCUT2D eigenvalue weighted by Gasteiger charge is 2.24. The van der Waals surface area contributed by atoms with Crippen molar-refractivity contribution in [2.75, 3.05) is 39.7 Å². The van der Waals surface area contributed by atoms with Gasteiger partial charge in [-0.3, -0.25) is 4.79 Å². The van der Waals surface area contributed by atoms with Crippen LogP contribution in [0.5, 0.6) is 23.0 Å². The third kappa shape index (κ3) is 6.36. The monoisotopic (exact) mass is 626 g/mol. The van der Waals surface area contributed by atoms with Crippen LogP contribution >= 0.6 is 11.6 Å². The Kier molecular flexibility index (Phi) is 9.74. The Morgan fingerprint density at radius 1 is 0.907 bits per heavy atom. The molecule has 0 saturated heterocycles. The number of carbonyl (C=O) groups excluding carboxylic acids is 1. The van der Waals surface area contributed by atoms with E-state index in [1.54, 1.807) is 38.1 Å². The molecule has 0 unspecified atom stereocenters.